The molecule has 1 N–H and O–H groups in total. The van der Waals surface area contributed by atoms with Crippen molar-refractivity contribution in [1.82, 2.24) is 5.32 Å². The highest BCUT2D eigenvalue weighted by atomic mass is 14.9. The van der Waals surface area contributed by atoms with Gasteiger partial charge in [0.2, 0.25) is 0 Å². The Morgan fingerprint density at radius 3 is 2.43 bits per heavy atom. The lowest BCUT2D eigenvalue weighted by molar-refractivity contribution is 0.136. The van der Waals surface area contributed by atoms with Crippen LogP contribution in [0.25, 0.3) is 0 Å². The molecular formula is C13H25N. The maximum Gasteiger partial charge on any atom is -0.00151 e. The van der Waals surface area contributed by atoms with Crippen molar-refractivity contribution in [2.24, 2.45) is 23.7 Å². The van der Waals surface area contributed by atoms with E-state index in [9.17, 15) is 0 Å². The van der Waals surface area contributed by atoms with Gasteiger partial charge in [-0.05, 0) is 43.2 Å². The van der Waals surface area contributed by atoms with E-state index in [1.807, 2.05) is 0 Å². The molecule has 1 aliphatic heterocycles. The predicted molar refractivity (Wildman–Crippen MR) is 61.3 cm³/mol. The van der Waals surface area contributed by atoms with Crippen molar-refractivity contribution in [3.8, 4) is 0 Å². The van der Waals surface area contributed by atoms with Crippen LogP contribution < -0.4 is 5.32 Å². The summed E-state index contributed by atoms with van der Waals surface area (Å²) >= 11 is 0. The van der Waals surface area contributed by atoms with Gasteiger partial charge in [0.05, 0.1) is 0 Å². The molecule has 1 heteroatoms. The molecule has 1 saturated carbocycles. The summed E-state index contributed by atoms with van der Waals surface area (Å²) < 4.78 is 0. The number of piperidine rings is 1. The molecule has 1 nitrogen and oxygen atoms in total. The lowest BCUT2D eigenvalue weighted by Crippen LogP contribution is -2.41. The summed E-state index contributed by atoms with van der Waals surface area (Å²) in [6.45, 7) is 7.38. The van der Waals surface area contributed by atoms with E-state index in [1.54, 1.807) is 0 Å². The van der Waals surface area contributed by atoms with Gasteiger partial charge in [-0.1, -0.05) is 39.5 Å². The van der Waals surface area contributed by atoms with Crippen molar-refractivity contribution in [2.75, 3.05) is 13.1 Å². The molecule has 0 radical (unpaired) electrons. The summed E-state index contributed by atoms with van der Waals surface area (Å²) in [5, 5.41) is 3.60. The van der Waals surface area contributed by atoms with Crippen LogP contribution in [0, 0.1) is 23.7 Å². The summed E-state index contributed by atoms with van der Waals surface area (Å²) in [6, 6.07) is 0. The minimum atomic E-state index is 0.891. The fourth-order valence-corrected chi connectivity index (χ4v) is 3.63. The summed E-state index contributed by atoms with van der Waals surface area (Å²) in [6.07, 6.45) is 7.42. The highest BCUT2D eigenvalue weighted by Gasteiger charge is 2.34. The molecule has 1 aliphatic carbocycles. The molecule has 0 spiro atoms. The minimum absolute atomic E-state index is 0.891. The van der Waals surface area contributed by atoms with E-state index in [1.165, 1.54) is 45.2 Å². The Bertz CT molecular complexity index is 170. The van der Waals surface area contributed by atoms with Crippen LogP contribution in [-0.2, 0) is 0 Å². The number of hydrogen-bond acceptors (Lipinski definition) is 1. The second-order valence-electron chi connectivity index (χ2n) is 5.61. The lowest BCUT2D eigenvalue weighted by Gasteiger charge is -2.38. The van der Waals surface area contributed by atoms with Gasteiger partial charge in [-0.3, -0.25) is 0 Å². The van der Waals surface area contributed by atoms with Crippen molar-refractivity contribution < 1.29 is 0 Å². The summed E-state index contributed by atoms with van der Waals surface area (Å²) in [5.41, 5.74) is 0. The molecule has 2 unspecified atom stereocenters. The van der Waals surface area contributed by atoms with E-state index < -0.39 is 0 Å². The molecule has 2 atom stereocenters. The molecule has 14 heavy (non-hydrogen) atoms. The molecule has 1 heterocycles. The lowest BCUT2D eigenvalue weighted by atomic mass is 9.72. The second-order valence-corrected chi connectivity index (χ2v) is 5.61. The van der Waals surface area contributed by atoms with Crippen molar-refractivity contribution in [3.63, 3.8) is 0 Å². The van der Waals surface area contributed by atoms with Gasteiger partial charge in [0, 0.05) is 0 Å². The van der Waals surface area contributed by atoms with Gasteiger partial charge in [-0.25, -0.2) is 0 Å². The average Bonchev–Trinajstić information content (AvgIpc) is 2.70. The third-order valence-electron chi connectivity index (χ3n) is 4.45. The summed E-state index contributed by atoms with van der Waals surface area (Å²) in [5.74, 6) is 3.93. The summed E-state index contributed by atoms with van der Waals surface area (Å²) in [7, 11) is 0. The normalized spacial score (nSPS) is 35.4. The first kappa shape index (κ1) is 10.5. The maximum absolute atomic E-state index is 3.60. The van der Waals surface area contributed by atoms with E-state index in [0.29, 0.717) is 0 Å². The second kappa shape index (κ2) is 4.65. The van der Waals surface area contributed by atoms with Gasteiger partial charge in [-0.2, -0.15) is 0 Å². The largest absolute Gasteiger partial charge is 0.316 e. The van der Waals surface area contributed by atoms with Crippen LogP contribution in [0.2, 0.25) is 0 Å². The molecule has 82 valence electrons. The van der Waals surface area contributed by atoms with Gasteiger partial charge in [0.1, 0.15) is 0 Å². The van der Waals surface area contributed by atoms with Crippen molar-refractivity contribution >= 4 is 0 Å². The molecule has 0 aromatic rings. The predicted octanol–water partition coefficient (Wildman–Crippen LogP) is 3.06. The monoisotopic (exact) mass is 195 g/mol. The van der Waals surface area contributed by atoms with Crippen LogP contribution in [0.4, 0.5) is 0 Å². The standard InChI is InChI=1S/C13H25N/c1-10(2)12-7-8-14-9-13(12)11-5-3-4-6-11/h10-14H,3-9H2,1-2H3. The first-order valence-electron chi connectivity index (χ1n) is 6.49. The highest BCUT2D eigenvalue weighted by Crippen LogP contribution is 2.39. The zero-order chi connectivity index (χ0) is 9.97. The van der Waals surface area contributed by atoms with E-state index in [0.717, 1.165) is 23.7 Å². The minimum Gasteiger partial charge on any atom is -0.316 e. The maximum atomic E-state index is 3.60. The first-order chi connectivity index (χ1) is 6.79. The molecule has 0 aromatic carbocycles. The Labute approximate surface area is 88.7 Å². The van der Waals surface area contributed by atoms with Crippen LogP contribution in [0.3, 0.4) is 0 Å². The zero-order valence-electron chi connectivity index (χ0n) is 9.76. The number of rotatable bonds is 2. The van der Waals surface area contributed by atoms with E-state index in [2.05, 4.69) is 19.2 Å². The van der Waals surface area contributed by atoms with Crippen molar-refractivity contribution in [3.05, 3.63) is 0 Å². The van der Waals surface area contributed by atoms with Gasteiger partial charge < -0.3 is 5.32 Å². The molecule has 2 rings (SSSR count). The smallest absolute Gasteiger partial charge is 0.00151 e. The van der Waals surface area contributed by atoms with E-state index in [4.69, 9.17) is 0 Å². The Morgan fingerprint density at radius 2 is 1.79 bits per heavy atom. The molecular weight excluding hydrogens is 170 g/mol. The average molecular weight is 195 g/mol. The zero-order valence-corrected chi connectivity index (χ0v) is 9.76. The Hall–Kier alpha value is -0.0400. The molecule has 2 fully saturated rings. The fourth-order valence-electron chi connectivity index (χ4n) is 3.63. The Morgan fingerprint density at radius 1 is 1.07 bits per heavy atom. The fraction of sp³-hybridized carbons (Fsp3) is 1.00. The van der Waals surface area contributed by atoms with Gasteiger partial charge in [0.25, 0.3) is 0 Å². The Balaban J connectivity index is 1.98. The highest BCUT2D eigenvalue weighted by molar-refractivity contribution is 4.86. The summed E-state index contributed by atoms with van der Waals surface area (Å²) in [4.78, 5) is 0. The first-order valence-corrected chi connectivity index (χ1v) is 6.49. The molecule has 2 aliphatic rings. The van der Waals surface area contributed by atoms with Gasteiger partial charge in [-0.15, -0.1) is 0 Å². The van der Waals surface area contributed by atoms with Crippen molar-refractivity contribution in [2.45, 2.75) is 46.0 Å². The Kier molecular flexibility index (Phi) is 3.48. The number of nitrogens with one attached hydrogen (secondary N) is 1. The van der Waals surface area contributed by atoms with Crippen LogP contribution in [0.1, 0.15) is 46.0 Å². The SMILES string of the molecule is CC(C)C1CCNCC1C1CCCC1. The topological polar surface area (TPSA) is 12.0 Å². The van der Waals surface area contributed by atoms with E-state index >= 15 is 0 Å². The third-order valence-corrected chi connectivity index (χ3v) is 4.45. The third kappa shape index (κ3) is 2.13. The van der Waals surface area contributed by atoms with Crippen LogP contribution in [0.15, 0.2) is 0 Å². The quantitative estimate of drug-likeness (QED) is 0.714. The number of hydrogen-bond donors (Lipinski definition) is 1. The van der Waals surface area contributed by atoms with Crippen LogP contribution >= 0.6 is 0 Å². The van der Waals surface area contributed by atoms with Crippen LogP contribution in [-0.4, -0.2) is 13.1 Å². The van der Waals surface area contributed by atoms with Crippen LogP contribution in [0.5, 0.6) is 0 Å². The molecule has 1 saturated heterocycles. The molecule has 0 bridgehead atoms. The molecule has 0 amide bonds. The van der Waals surface area contributed by atoms with Gasteiger partial charge in [0.15, 0.2) is 0 Å². The van der Waals surface area contributed by atoms with Gasteiger partial charge >= 0.3 is 0 Å². The molecule has 0 aromatic heterocycles. The van der Waals surface area contributed by atoms with E-state index in [-0.39, 0.29) is 0 Å². The van der Waals surface area contributed by atoms with Crippen molar-refractivity contribution in [1.29, 1.82) is 0 Å².